The maximum absolute atomic E-state index is 12.3. The van der Waals surface area contributed by atoms with Crippen LogP contribution in [0.25, 0.3) is 10.8 Å². The lowest BCUT2D eigenvalue weighted by Crippen LogP contribution is -2.21. The third kappa shape index (κ3) is 5.42. The summed E-state index contributed by atoms with van der Waals surface area (Å²) in [6.07, 6.45) is 0.0907. The van der Waals surface area contributed by atoms with Crippen LogP contribution < -0.4 is 15.6 Å². The zero-order valence-electron chi connectivity index (χ0n) is 16.8. The van der Waals surface area contributed by atoms with E-state index in [1.165, 1.54) is 0 Å². The molecule has 29 heavy (non-hydrogen) atoms. The van der Waals surface area contributed by atoms with E-state index in [0.717, 1.165) is 16.5 Å². The first-order chi connectivity index (χ1) is 13.9. The Balaban J connectivity index is 1.55. The third-order valence-electron chi connectivity index (χ3n) is 4.44. The van der Waals surface area contributed by atoms with E-state index in [1.54, 1.807) is 13.0 Å². The summed E-state index contributed by atoms with van der Waals surface area (Å²) in [6.45, 7) is 1.70. The van der Waals surface area contributed by atoms with E-state index in [4.69, 9.17) is 0 Å². The molecule has 3 aromatic carbocycles. The van der Waals surface area contributed by atoms with Gasteiger partial charge in [-0.1, -0.05) is 30.3 Å². The zero-order valence-corrected chi connectivity index (χ0v) is 16.8. The highest BCUT2D eigenvalue weighted by atomic mass is 16.2. The van der Waals surface area contributed by atoms with Gasteiger partial charge in [0, 0.05) is 36.7 Å². The average Bonchev–Trinajstić information content (AvgIpc) is 2.72. The summed E-state index contributed by atoms with van der Waals surface area (Å²) in [5.74, 6) is -0.501. The number of hydrogen-bond donors (Lipinski definition) is 2. The molecule has 0 aliphatic rings. The molecule has 0 unspecified atom stereocenters. The Labute approximate surface area is 170 Å². The quantitative estimate of drug-likeness (QED) is 0.494. The monoisotopic (exact) mass is 388 g/mol. The molecule has 0 saturated carbocycles. The Bertz CT molecular complexity index is 1060. The Morgan fingerprint density at radius 3 is 2.31 bits per heavy atom. The molecule has 0 fully saturated rings. The molecule has 0 aliphatic carbocycles. The Morgan fingerprint density at radius 2 is 1.62 bits per heavy atom. The summed E-state index contributed by atoms with van der Waals surface area (Å²) in [4.78, 5) is 26.5. The van der Waals surface area contributed by atoms with Crippen molar-refractivity contribution >= 4 is 39.7 Å². The SMILES string of the molecule is C/C(CC(=O)Nc1ccc(N(C)C)cc1)=N/NC(=O)c1ccc2ccccc2c1. The number of nitrogens with one attached hydrogen (secondary N) is 2. The van der Waals surface area contributed by atoms with Gasteiger partial charge >= 0.3 is 0 Å². The first-order valence-electron chi connectivity index (χ1n) is 9.32. The second-order valence-corrected chi connectivity index (χ2v) is 7.02. The van der Waals surface area contributed by atoms with Gasteiger partial charge < -0.3 is 10.2 Å². The van der Waals surface area contributed by atoms with E-state index in [9.17, 15) is 9.59 Å². The Kier molecular flexibility index (Phi) is 6.24. The van der Waals surface area contributed by atoms with Crippen LogP contribution in [0.3, 0.4) is 0 Å². The molecule has 3 rings (SSSR count). The number of carbonyl (C=O) groups is 2. The molecular formula is C23H24N4O2. The second-order valence-electron chi connectivity index (χ2n) is 7.02. The number of fused-ring (bicyclic) bond motifs is 1. The highest BCUT2D eigenvalue weighted by molar-refractivity contribution is 6.06. The van der Waals surface area contributed by atoms with Gasteiger partial charge in [0.1, 0.15) is 0 Å². The van der Waals surface area contributed by atoms with E-state index < -0.39 is 0 Å². The van der Waals surface area contributed by atoms with Crippen molar-refractivity contribution in [2.45, 2.75) is 13.3 Å². The van der Waals surface area contributed by atoms with Crippen LogP contribution in [0.15, 0.2) is 71.8 Å². The molecule has 2 amide bonds. The van der Waals surface area contributed by atoms with Crippen molar-refractivity contribution in [3.05, 3.63) is 72.3 Å². The van der Waals surface area contributed by atoms with Gasteiger partial charge in [-0.25, -0.2) is 5.43 Å². The number of anilines is 2. The number of benzene rings is 3. The van der Waals surface area contributed by atoms with Crippen LogP contribution >= 0.6 is 0 Å². The van der Waals surface area contributed by atoms with Crippen LogP contribution in [0.2, 0.25) is 0 Å². The van der Waals surface area contributed by atoms with Crippen LogP contribution in [-0.2, 0) is 4.79 Å². The Morgan fingerprint density at radius 1 is 0.931 bits per heavy atom. The molecule has 148 valence electrons. The number of amides is 2. The first kappa shape index (κ1) is 20.1. The minimum absolute atomic E-state index is 0.0907. The topological polar surface area (TPSA) is 73.8 Å². The summed E-state index contributed by atoms with van der Waals surface area (Å²) in [5.41, 5.74) is 5.32. The third-order valence-corrected chi connectivity index (χ3v) is 4.44. The molecule has 6 heteroatoms. The maximum Gasteiger partial charge on any atom is 0.271 e. The van der Waals surface area contributed by atoms with Gasteiger partial charge in [-0.3, -0.25) is 9.59 Å². The molecule has 0 aliphatic heterocycles. The van der Waals surface area contributed by atoms with Crippen molar-refractivity contribution < 1.29 is 9.59 Å². The first-order valence-corrected chi connectivity index (χ1v) is 9.32. The van der Waals surface area contributed by atoms with Gasteiger partial charge in [-0.05, 0) is 54.1 Å². The standard InChI is InChI=1S/C23H24N4O2/c1-16(14-22(28)24-20-10-12-21(13-11-20)27(2)3)25-26-23(29)19-9-8-17-6-4-5-7-18(17)15-19/h4-13,15H,14H2,1-3H3,(H,24,28)(H,26,29)/b25-16-. The molecule has 0 radical (unpaired) electrons. The minimum Gasteiger partial charge on any atom is -0.378 e. The van der Waals surface area contributed by atoms with Crippen LogP contribution in [0.1, 0.15) is 23.7 Å². The smallest absolute Gasteiger partial charge is 0.271 e. The molecular weight excluding hydrogens is 364 g/mol. The van der Waals surface area contributed by atoms with Gasteiger partial charge in [-0.2, -0.15) is 5.10 Å². The normalized spacial score (nSPS) is 11.2. The van der Waals surface area contributed by atoms with Crippen LogP contribution in [0, 0.1) is 0 Å². The molecule has 0 spiro atoms. The van der Waals surface area contributed by atoms with E-state index in [0.29, 0.717) is 17.0 Å². The van der Waals surface area contributed by atoms with Gasteiger partial charge in [0.2, 0.25) is 5.91 Å². The highest BCUT2D eigenvalue weighted by Crippen LogP contribution is 2.16. The van der Waals surface area contributed by atoms with Gasteiger partial charge in [0.25, 0.3) is 5.91 Å². The van der Waals surface area contributed by atoms with Crippen LogP contribution in [-0.4, -0.2) is 31.6 Å². The van der Waals surface area contributed by atoms with Crippen LogP contribution in [0.4, 0.5) is 11.4 Å². The largest absolute Gasteiger partial charge is 0.378 e. The van der Waals surface area contributed by atoms with Crippen molar-refractivity contribution in [3.8, 4) is 0 Å². The molecule has 2 N–H and O–H groups in total. The number of carbonyl (C=O) groups excluding carboxylic acids is 2. The minimum atomic E-state index is -0.310. The summed E-state index contributed by atoms with van der Waals surface area (Å²) in [5, 5.41) is 8.93. The van der Waals surface area contributed by atoms with Gasteiger partial charge in [0.15, 0.2) is 0 Å². The van der Waals surface area contributed by atoms with Crippen molar-refractivity contribution in [2.75, 3.05) is 24.3 Å². The average molecular weight is 388 g/mol. The summed E-state index contributed by atoms with van der Waals surface area (Å²) < 4.78 is 0. The molecule has 6 nitrogen and oxygen atoms in total. The summed E-state index contributed by atoms with van der Waals surface area (Å²) in [6, 6.07) is 20.9. The number of nitrogens with zero attached hydrogens (tertiary/aromatic N) is 2. The van der Waals surface area contributed by atoms with Crippen molar-refractivity contribution in [1.82, 2.24) is 5.43 Å². The molecule has 0 aromatic heterocycles. The molecule has 0 atom stereocenters. The van der Waals surface area contributed by atoms with Crippen LogP contribution in [0.5, 0.6) is 0 Å². The van der Waals surface area contributed by atoms with E-state index >= 15 is 0 Å². The fraction of sp³-hybridized carbons (Fsp3) is 0.174. The molecule has 0 heterocycles. The van der Waals surface area contributed by atoms with Gasteiger partial charge in [0.05, 0.1) is 6.42 Å². The van der Waals surface area contributed by atoms with Gasteiger partial charge in [-0.15, -0.1) is 0 Å². The van der Waals surface area contributed by atoms with E-state index in [2.05, 4.69) is 15.8 Å². The lowest BCUT2D eigenvalue weighted by atomic mass is 10.1. The Hall–Kier alpha value is -3.67. The highest BCUT2D eigenvalue weighted by Gasteiger charge is 2.08. The maximum atomic E-state index is 12.3. The fourth-order valence-electron chi connectivity index (χ4n) is 2.86. The predicted molar refractivity (Wildman–Crippen MR) is 119 cm³/mol. The van der Waals surface area contributed by atoms with E-state index in [1.807, 2.05) is 79.7 Å². The number of hydrazone groups is 1. The molecule has 0 saturated heterocycles. The summed E-state index contributed by atoms with van der Waals surface area (Å²) >= 11 is 0. The fourth-order valence-corrected chi connectivity index (χ4v) is 2.86. The lowest BCUT2D eigenvalue weighted by molar-refractivity contribution is -0.115. The second kappa shape index (κ2) is 9.01. The van der Waals surface area contributed by atoms with Crippen molar-refractivity contribution in [3.63, 3.8) is 0 Å². The predicted octanol–water partition coefficient (Wildman–Crippen LogP) is 4.04. The van der Waals surface area contributed by atoms with E-state index in [-0.39, 0.29) is 18.2 Å². The number of rotatable bonds is 6. The summed E-state index contributed by atoms with van der Waals surface area (Å²) in [7, 11) is 3.92. The van der Waals surface area contributed by atoms with Crippen molar-refractivity contribution in [1.29, 1.82) is 0 Å². The van der Waals surface area contributed by atoms with Crippen molar-refractivity contribution in [2.24, 2.45) is 5.10 Å². The zero-order chi connectivity index (χ0) is 20.8. The lowest BCUT2D eigenvalue weighted by Gasteiger charge is -2.13. The molecule has 0 bridgehead atoms. The number of hydrogen-bond acceptors (Lipinski definition) is 4. The molecule has 3 aromatic rings.